The lowest BCUT2D eigenvalue weighted by molar-refractivity contribution is -0.384. The third-order valence-corrected chi connectivity index (χ3v) is 3.86. The van der Waals surface area contributed by atoms with Crippen LogP contribution in [-0.2, 0) is 13.6 Å². The molecule has 0 fully saturated rings. The van der Waals surface area contributed by atoms with E-state index in [0.29, 0.717) is 11.5 Å². The summed E-state index contributed by atoms with van der Waals surface area (Å²) in [5, 5.41) is 17.7. The van der Waals surface area contributed by atoms with Gasteiger partial charge >= 0.3 is 5.69 Å². The van der Waals surface area contributed by atoms with E-state index in [1.165, 1.54) is 33.5 Å². The molecule has 138 valence electrons. The minimum absolute atomic E-state index is 0.139. The Labute approximate surface area is 153 Å². The molecule has 0 aliphatic carbocycles. The number of aromatic nitrogens is 4. The molecule has 2 heterocycles. The van der Waals surface area contributed by atoms with Crippen molar-refractivity contribution in [3.63, 3.8) is 0 Å². The third kappa shape index (κ3) is 3.89. The minimum atomic E-state index is -0.566. The maximum absolute atomic E-state index is 12.3. The lowest BCUT2D eigenvalue weighted by Gasteiger charge is -2.04. The maximum atomic E-state index is 12.3. The number of rotatable bonds is 6. The zero-order valence-corrected chi connectivity index (χ0v) is 14.4. The van der Waals surface area contributed by atoms with Crippen LogP contribution >= 0.6 is 0 Å². The second-order valence-corrected chi connectivity index (χ2v) is 5.67. The maximum Gasteiger partial charge on any atom is 0.346 e. The first-order valence-corrected chi connectivity index (χ1v) is 8.05. The molecule has 3 rings (SSSR count). The summed E-state index contributed by atoms with van der Waals surface area (Å²) >= 11 is 0. The Bertz CT molecular complexity index is 1040. The molecule has 10 heteroatoms. The monoisotopic (exact) mass is 368 g/mol. The summed E-state index contributed by atoms with van der Waals surface area (Å²) in [5.41, 5.74) is 0.243. The van der Waals surface area contributed by atoms with Crippen molar-refractivity contribution in [3.05, 3.63) is 74.8 Å². The van der Waals surface area contributed by atoms with Gasteiger partial charge in [-0.2, -0.15) is 0 Å². The normalized spacial score (nSPS) is 10.6. The van der Waals surface area contributed by atoms with Crippen molar-refractivity contribution < 1.29 is 9.72 Å². The molecular formula is C17H16N6O4. The van der Waals surface area contributed by atoms with Crippen molar-refractivity contribution >= 4 is 11.6 Å². The van der Waals surface area contributed by atoms with Crippen LogP contribution in [0, 0.1) is 10.1 Å². The van der Waals surface area contributed by atoms with Gasteiger partial charge in [-0.15, -0.1) is 5.10 Å². The molecule has 0 spiro atoms. The summed E-state index contributed by atoms with van der Waals surface area (Å²) in [6.07, 6.45) is 1.61. The predicted molar refractivity (Wildman–Crippen MR) is 96.1 cm³/mol. The summed E-state index contributed by atoms with van der Waals surface area (Å²) in [4.78, 5) is 38.8. The summed E-state index contributed by atoms with van der Waals surface area (Å²) in [5.74, 6) is -0.0433. The van der Waals surface area contributed by atoms with Crippen molar-refractivity contribution in [2.24, 2.45) is 7.05 Å². The molecule has 1 N–H and O–H groups in total. The number of carbonyl (C=O) groups excluding carboxylic acids is 1. The van der Waals surface area contributed by atoms with E-state index in [1.807, 2.05) is 0 Å². The first kappa shape index (κ1) is 18.0. The summed E-state index contributed by atoms with van der Waals surface area (Å²) in [6, 6.07) is 10.7. The van der Waals surface area contributed by atoms with E-state index < -0.39 is 10.8 Å². The Morgan fingerprint density at radius 1 is 1.26 bits per heavy atom. The van der Waals surface area contributed by atoms with Gasteiger partial charge in [0.25, 0.3) is 11.6 Å². The van der Waals surface area contributed by atoms with E-state index in [2.05, 4.69) is 15.4 Å². The first-order chi connectivity index (χ1) is 13.0. The number of benzene rings is 1. The predicted octanol–water partition coefficient (Wildman–Crippen LogP) is 0.982. The van der Waals surface area contributed by atoms with Crippen LogP contribution in [0.15, 0.2) is 53.5 Å². The largest absolute Gasteiger partial charge is 0.350 e. The van der Waals surface area contributed by atoms with Crippen LogP contribution < -0.4 is 11.0 Å². The molecule has 1 aromatic carbocycles. The highest BCUT2D eigenvalue weighted by Crippen LogP contribution is 2.13. The van der Waals surface area contributed by atoms with Gasteiger partial charge in [0, 0.05) is 37.5 Å². The van der Waals surface area contributed by atoms with Crippen LogP contribution in [-0.4, -0.2) is 36.7 Å². The van der Waals surface area contributed by atoms with Crippen molar-refractivity contribution in [1.82, 2.24) is 24.6 Å². The standard InChI is InChI=1S/C17H16N6O4/c1-21-15(14-7-2-3-8-18-14)20-22(17(21)25)10-9-19-16(24)12-5-4-6-13(11-12)23(26)27/h2-8,11H,9-10H2,1H3,(H,19,24). The Balaban J connectivity index is 1.67. The number of amides is 1. The number of hydrogen-bond donors (Lipinski definition) is 1. The van der Waals surface area contributed by atoms with Crippen LogP contribution in [0.4, 0.5) is 5.69 Å². The highest BCUT2D eigenvalue weighted by atomic mass is 16.6. The first-order valence-electron chi connectivity index (χ1n) is 8.05. The lowest BCUT2D eigenvalue weighted by atomic mass is 10.2. The second-order valence-electron chi connectivity index (χ2n) is 5.67. The summed E-state index contributed by atoms with van der Waals surface area (Å²) in [6.45, 7) is 0.292. The number of nitrogens with one attached hydrogen (secondary N) is 1. The Hall–Kier alpha value is -3.82. The molecule has 0 unspecified atom stereocenters. The van der Waals surface area contributed by atoms with Gasteiger partial charge in [0.1, 0.15) is 5.69 Å². The molecule has 0 saturated carbocycles. The molecule has 0 radical (unpaired) electrons. The zero-order chi connectivity index (χ0) is 19.4. The van der Waals surface area contributed by atoms with Gasteiger partial charge < -0.3 is 5.32 Å². The fourth-order valence-electron chi connectivity index (χ4n) is 2.49. The average molecular weight is 368 g/mol. The van der Waals surface area contributed by atoms with Crippen molar-refractivity contribution in [1.29, 1.82) is 0 Å². The zero-order valence-electron chi connectivity index (χ0n) is 14.4. The van der Waals surface area contributed by atoms with Crippen LogP contribution in [0.3, 0.4) is 0 Å². The number of non-ortho nitro benzene ring substituents is 1. The molecule has 1 amide bonds. The van der Waals surface area contributed by atoms with Crippen molar-refractivity contribution in [2.75, 3.05) is 6.54 Å². The Morgan fingerprint density at radius 3 is 2.78 bits per heavy atom. The van der Waals surface area contributed by atoms with Gasteiger partial charge in [0.05, 0.1) is 11.5 Å². The van der Waals surface area contributed by atoms with E-state index in [9.17, 15) is 19.7 Å². The fraction of sp³-hybridized carbons (Fsp3) is 0.176. The number of pyridine rings is 1. The highest BCUT2D eigenvalue weighted by molar-refractivity contribution is 5.94. The van der Waals surface area contributed by atoms with E-state index in [-0.39, 0.29) is 30.0 Å². The number of hydrogen-bond acceptors (Lipinski definition) is 6. The molecule has 2 aromatic heterocycles. The van der Waals surface area contributed by atoms with Gasteiger partial charge in [0.2, 0.25) is 0 Å². The van der Waals surface area contributed by atoms with Gasteiger partial charge in [-0.3, -0.25) is 24.5 Å². The molecule has 3 aromatic rings. The van der Waals surface area contributed by atoms with Crippen LogP contribution in [0.5, 0.6) is 0 Å². The van der Waals surface area contributed by atoms with Crippen molar-refractivity contribution in [3.8, 4) is 11.5 Å². The molecule has 0 bridgehead atoms. The second kappa shape index (κ2) is 7.60. The lowest BCUT2D eigenvalue weighted by Crippen LogP contribution is -2.31. The quantitative estimate of drug-likeness (QED) is 0.511. The molecular weight excluding hydrogens is 352 g/mol. The van der Waals surface area contributed by atoms with Crippen LogP contribution in [0.2, 0.25) is 0 Å². The van der Waals surface area contributed by atoms with Crippen LogP contribution in [0.25, 0.3) is 11.5 Å². The number of nitrogens with zero attached hydrogens (tertiary/aromatic N) is 5. The highest BCUT2D eigenvalue weighted by Gasteiger charge is 2.14. The van der Waals surface area contributed by atoms with Gasteiger partial charge in [0.15, 0.2) is 5.82 Å². The molecule has 0 aliphatic rings. The fourth-order valence-corrected chi connectivity index (χ4v) is 2.49. The van der Waals surface area contributed by atoms with E-state index in [0.717, 1.165) is 0 Å². The molecule has 0 aliphatic heterocycles. The summed E-state index contributed by atoms with van der Waals surface area (Å²) < 4.78 is 2.61. The smallest absolute Gasteiger partial charge is 0.346 e. The number of nitro benzene ring substituents is 1. The topological polar surface area (TPSA) is 125 Å². The SMILES string of the molecule is Cn1c(-c2ccccn2)nn(CCNC(=O)c2cccc([N+](=O)[O-])c2)c1=O. The average Bonchev–Trinajstić information content (AvgIpc) is 2.97. The molecule has 27 heavy (non-hydrogen) atoms. The van der Waals surface area contributed by atoms with Gasteiger partial charge in [-0.05, 0) is 18.2 Å². The van der Waals surface area contributed by atoms with E-state index >= 15 is 0 Å². The number of nitro groups is 1. The third-order valence-electron chi connectivity index (χ3n) is 3.86. The van der Waals surface area contributed by atoms with Gasteiger partial charge in [-0.25, -0.2) is 9.48 Å². The molecule has 0 saturated heterocycles. The van der Waals surface area contributed by atoms with Gasteiger partial charge in [-0.1, -0.05) is 12.1 Å². The minimum Gasteiger partial charge on any atom is -0.350 e. The van der Waals surface area contributed by atoms with E-state index in [1.54, 1.807) is 31.4 Å². The Kier molecular flexibility index (Phi) is 5.06. The molecule has 10 nitrogen and oxygen atoms in total. The van der Waals surface area contributed by atoms with E-state index in [4.69, 9.17) is 0 Å². The van der Waals surface area contributed by atoms with Crippen LogP contribution in [0.1, 0.15) is 10.4 Å². The Morgan fingerprint density at radius 2 is 2.07 bits per heavy atom. The summed E-state index contributed by atoms with van der Waals surface area (Å²) in [7, 11) is 1.59. The molecule has 0 atom stereocenters. The number of carbonyl (C=O) groups is 1. The van der Waals surface area contributed by atoms with Crippen molar-refractivity contribution in [2.45, 2.75) is 6.54 Å².